The van der Waals surface area contributed by atoms with Gasteiger partial charge in [-0.1, -0.05) is 30.4 Å². The molecule has 0 fully saturated rings. The number of nitrogen functional groups attached to an aromatic ring is 2. The second-order valence-corrected chi connectivity index (χ2v) is 7.17. The lowest BCUT2D eigenvalue weighted by molar-refractivity contribution is 0.589. The SMILES string of the molecule is Nc1nc(N)c2nc(CC3CC=CC4=C3CC=c3ccccc3=N4)ccc2n1. The average Bonchev–Trinajstić information content (AvgIpc) is 2.88. The van der Waals surface area contributed by atoms with Gasteiger partial charge in [-0.25, -0.2) is 15.0 Å². The average molecular weight is 368 g/mol. The van der Waals surface area contributed by atoms with Crippen molar-refractivity contribution in [3.8, 4) is 0 Å². The molecule has 1 unspecified atom stereocenters. The monoisotopic (exact) mass is 368 g/mol. The van der Waals surface area contributed by atoms with Crippen molar-refractivity contribution in [2.24, 2.45) is 10.9 Å². The Balaban J connectivity index is 1.51. The molecule has 0 saturated heterocycles. The van der Waals surface area contributed by atoms with Gasteiger partial charge in [-0.2, -0.15) is 4.98 Å². The molecule has 1 aromatic carbocycles. The first-order valence-electron chi connectivity index (χ1n) is 9.39. The van der Waals surface area contributed by atoms with E-state index >= 15 is 0 Å². The van der Waals surface area contributed by atoms with Gasteiger partial charge in [0.1, 0.15) is 5.52 Å². The van der Waals surface area contributed by atoms with Gasteiger partial charge < -0.3 is 11.5 Å². The minimum atomic E-state index is 0.168. The molecule has 1 aliphatic carbocycles. The van der Waals surface area contributed by atoms with Crippen LogP contribution < -0.4 is 22.0 Å². The lowest BCUT2D eigenvalue weighted by Crippen LogP contribution is -2.23. The quantitative estimate of drug-likeness (QED) is 0.721. The first-order valence-corrected chi connectivity index (χ1v) is 9.39. The van der Waals surface area contributed by atoms with Crippen LogP contribution in [0.5, 0.6) is 0 Å². The van der Waals surface area contributed by atoms with E-state index in [0.29, 0.717) is 22.8 Å². The second-order valence-electron chi connectivity index (χ2n) is 7.17. The predicted molar refractivity (Wildman–Crippen MR) is 110 cm³/mol. The van der Waals surface area contributed by atoms with Gasteiger partial charge in [0.25, 0.3) is 0 Å². The Hall–Kier alpha value is -3.54. The maximum atomic E-state index is 6.00. The van der Waals surface area contributed by atoms with Gasteiger partial charge in [0, 0.05) is 5.69 Å². The summed E-state index contributed by atoms with van der Waals surface area (Å²) in [5, 5.41) is 2.22. The van der Waals surface area contributed by atoms with Crippen LogP contribution >= 0.6 is 0 Å². The summed E-state index contributed by atoms with van der Waals surface area (Å²) in [7, 11) is 0. The molecule has 6 heteroatoms. The highest BCUT2D eigenvalue weighted by Crippen LogP contribution is 2.32. The zero-order valence-electron chi connectivity index (χ0n) is 15.3. The summed E-state index contributed by atoms with van der Waals surface area (Å²) in [4.78, 5) is 17.9. The third kappa shape index (κ3) is 2.93. The molecular formula is C22H20N6. The molecule has 1 atom stereocenters. The van der Waals surface area contributed by atoms with Gasteiger partial charge in [0.2, 0.25) is 5.95 Å². The maximum absolute atomic E-state index is 6.00. The lowest BCUT2D eigenvalue weighted by atomic mass is 9.84. The molecule has 3 heterocycles. The highest BCUT2D eigenvalue weighted by Gasteiger charge is 2.21. The van der Waals surface area contributed by atoms with Gasteiger partial charge in [0.15, 0.2) is 5.82 Å². The van der Waals surface area contributed by atoms with Crippen molar-refractivity contribution in [2.75, 3.05) is 11.5 Å². The third-order valence-electron chi connectivity index (χ3n) is 5.34. The number of allylic oxidation sites excluding steroid dienone is 3. The molecule has 0 spiro atoms. The van der Waals surface area contributed by atoms with E-state index in [1.165, 1.54) is 10.8 Å². The van der Waals surface area contributed by atoms with Crippen LogP contribution in [0.4, 0.5) is 11.8 Å². The highest BCUT2D eigenvalue weighted by molar-refractivity contribution is 5.84. The van der Waals surface area contributed by atoms with Crippen molar-refractivity contribution in [1.82, 2.24) is 15.0 Å². The fourth-order valence-electron chi connectivity index (χ4n) is 3.96. The van der Waals surface area contributed by atoms with Crippen LogP contribution in [-0.2, 0) is 6.42 Å². The van der Waals surface area contributed by atoms with E-state index in [9.17, 15) is 0 Å². The van der Waals surface area contributed by atoms with Crippen LogP contribution in [0.25, 0.3) is 17.1 Å². The minimum absolute atomic E-state index is 0.168. The van der Waals surface area contributed by atoms with Crippen molar-refractivity contribution in [3.63, 3.8) is 0 Å². The van der Waals surface area contributed by atoms with Gasteiger partial charge in [-0.05, 0) is 60.2 Å². The summed E-state index contributed by atoms with van der Waals surface area (Å²) in [5.41, 5.74) is 16.4. The Morgan fingerprint density at radius 2 is 1.89 bits per heavy atom. The summed E-state index contributed by atoms with van der Waals surface area (Å²) in [6.07, 6.45) is 9.33. The van der Waals surface area contributed by atoms with Crippen LogP contribution in [0.3, 0.4) is 0 Å². The van der Waals surface area contributed by atoms with E-state index in [1.54, 1.807) is 0 Å². The molecule has 6 nitrogen and oxygen atoms in total. The van der Waals surface area contributed by atoms with Crippen molar-refractivity contribution in [2.45, 2.75) is 19.3 Å². The molecule has 2 aliphatic rings. The van der Waals surface area contributed by atoms with E-state index in [-0.39, 0.29) is 5.95 Å². The zero-order chi connectivity index (χ0) is 19.1. The number of para-hydroxylation sites is 1. The van der Waals surface area contributed by atoms with Crippen molar-refractivity contribution in [3.05, 3.63) is 76.1 Å². The fraction of sp³-hybridized carbons (Fsp3) is 0.182. The molecule has 1 aliphatic heterocycles. The fourth-order valence-corrected chi connectivity index (χ4v) is 3.96. The number of anilines is 2. The van der Waals surface area contributed by atoms with Crippen molar-refractivity contribution in [1.29, 1.82) is 0 Å². The molecule has 2 aromatic heterocycles. The van der Waals surface area contributed by atoms with Crippen LogP contribution in [0, 0.1) is 5.92 Å². The Bertz CT molecular complexity index is 1270. The Morgan fingerprint density at radius 1 is 1.00 bits per heavy atom. The number of nitrogens with two attached hydrogens (primary N) is 2. The van der Waals surface area contributed by atoms with E-state index < -0.39 is 0 Å². The van der Waals surface area contributed by atoms with Crippen molar-refractivity contribution < 1.29 is 0 Å². The van der Waals surface area contributed by atoms with E-state index in [4.69, 9.17) is 21.4 Å². The number of pyridine rings is 1. The topological polar surface area (TPSA) is 103 Å². The smallest absolute Gasteiger partial charge is 0.222 e. The summed E-state index contributed by atoms with van der Waals surface area (Å²) < 4.78 is 0. The van der Waals surface area contributed by atoms with Gasteiger partial charge in [0.05, 0.1) is 16.6 Å². The predicted octanol–water partition coefficient (Wildman–Crippen LogP) is 2.07. The number of benzene rings is 1. The number of nitrogens with zero attached hydrogens (tertiary/aromatic N) is 4. The first-order chi connectivity index (χ1) is 13.7. The number of fused-ring (bicyclic) bond motifs is 2. The van der Waals surface area contributed by atoms with Crippen LogP contribution in [0.15, 0.2) is 64.8 Å². The standard InChI is InChI=1S/C22H20N6/c23-21-20-19(27-22(24)28-21)11-9-15(25-20)12-14-5-3-7-18-16(14)10-8-13-4-1-2-6-17(13)26-18/h1-4,6-9,11,14H,5,10,12H2,(H4,23,24,27,28). The van der Waals surface area contributed by atoms with Gasteiger partial charge >= 0.3 is 0 Å². The maximum Gasteiger partial charge on any atom is 0.222 e. The molecule has 5 rings (SSSR count). The summed E-state index contributed by atoms with van der Waals surface area (Å²) in [6, 6.07) is 12.2. The normalized spacial score (nSPS) is 18.1. The highest BCUT2D eigenvalue weighted by atomic mass is 15.0. The van der Waals surface area contributed by atoms with E-state index in [2.05, 4.69) is 46.4 Å². The van der Waals surface area contributed by atoms with Gasteiger partial charge in [-0.3, -0.25) is 0 Å². The second kappa shape index (κ2) is 6.56. The Kier molecular flexibility index (Phi) is 3.90. The molecule has 28 heavy (non-hydrogen) atoms. The number of hydrogen-bond acceptors (Lipinski definition) is 6. The summed E-state index contributed by atoms with van der Waals surface area (Å²) in [6.45, 7) is 0. The van der Waals surface area contributed by atoms with Gasteiger partial charge in [-0.15, -0.1) is 0 Å². The molecule has 0 amide bonds. The summed E-state index contributed by atoms with van der Waals surface area (Å²) >= 11 is 0. The zero-order valence-corrected chi connectivity index (χ0v) is 15.3. The lowest BCUT2D eigenvalue weighted by Gasteiger charge is -2.22. The van der Waals surface area contributed by atoms with E-state index in [0.717, 1.165) is 36.0 Å². The Labute approximate surface area is 162 Å². The summed E-state index contributed by atoms with van der Waals surface area (Å²) in [5.74, 6) is 0.846. The number of rotatable bonds is 2. The minimum Gasteiger partial charge on any atom is -0.382 e. The molecule has 0 saturated carbocycles. The molecule has 4 N–H and O–H groups in total. The molecule has 3 aromatic rings. The molecule has 0 bridgehead atoms. The third-order valence-corrected chi connectivity index (χ3v) is 5.34. The van der Waals surface area contributed by atoms with Crippen LogP contribution in [0.2, 0.25) is 0 Å². The first kappa shape index (κ1) is 16.6. The number of hydrogen-bond donors (Lipinski definition) is 2. The molecular weight excluding hydrogens is 348 g/mol. The van der Waals surface area contributed by atoms with Crippen molar-refractivity contribution >= 4 is 28.9 Å². The van der Waals surface area contributed by atoms with Crippen LogP contribution in [0.1, 0.15) is 18.5 Å². The van der Waals surface area contributed by atoms with Crippen LogP contribution in [-0.4, -0.2) is 15.0 Å². The molecule has 138 valence electrons. The molecule has 0 radical (unpaired) electrons. The number of aromatic nitrogens is 3. The largest absolute Gasteiger partial charge is 0.382 e. The van der Waals surface area contributed by atoms with E-state index in [1.807, 2.05) is 18.2 Å². The Morgan fingerprint density at radius 3 is 2.82 bits per heavy atom.